The van der Waals surface area contributed by atoms with E-state index in [4.69, 9.17) is 9.85 Å². The molecule has 0 bridgehead atoms. The highest BCUT2D eigenvalue weighted by Gasteiger charge is 2.32. The molecule has 0 amide bonds. The molecule has 6 nitrogen and oxygen atoms in total. The zero-order valence-corrected chi connectivity index (χ0v) is 20.9. The zero-order valence-electron chi connectivity index (χ0n) is 18.9. The molecule has 0 aromatic rings. The van der Waals surface area contributed by atoms with E-state index in [0.717, 1.165) is 52.4 Å². The standard InChI is InChI=1S/C19H49N5OSi2/c1-6-10-21-14-15-22-11-7-18-26(2,3)25-27(4,5)19-8-12-23-16-17-24-13-9-20/h21-24H,6-20H2,1-5H3. The summed E-state index contributed by atoms with van der Waals surface area (Å²) in [6.07, 6.45) is 3.65. The van der Waals surface area contributed by atoms with E-state index >= 15 is 0 Å². The molecule has 27 heavy (non-hydrogen) atoms. The first-order chi connectivity index (χ1) is 12.8. The van der Waals surface area contributed by atoms with Crippen LogP contribution in [0.4, 0.5) is 0 Å². The molecular weight excluding hydrogens is 370 g/mol. The Kier molecular flexibility index (Phi) is 17.2. The fraction of sp³-hybridized carbons (Fsp3) is 1.00. The van der Waals surface area contributed by atoms with Gasteiger partial charge in [0.1, 0.15) is 0 Å². The Morgan fingerprint density at radius 3 is 1.44 bits per heavy atom. The molecule has 6 N–H and O–H groups in total. The van der Waals surface area contributed by atoms with Crippen molar-refractivity contribution in [1.29, 1.82) is 0 Å². The van der Waals surface area contributed by atoms with Gasteiger partial charge in [0.2, 0.25) is 0 Å². The summed E-state index contributed by atoms with van der Waals surface area (Å²) < 4.78 is 6.73. The van der Waals surface area contributed by atoms with Gasteiger partial charge in [0, 0.05) is 39.3 Å². The van der Waals surface area contributed by atoms with E-state index in [-0.39, 0.29) is 0 Å². The summed E-state index contributed by atoms with van der Waals surface area (Å²) in [5, 5.41) is 13.8. The maximum atomic E-state index is 6.73. The summed E-state index contributed by atoms with van der Waals surface area (Å²) >= 11 is 0. The van der Waals surface area contributed by atoms with Crippen LogP contribution in [-0.4, -0.2) is 75.5 Å². The Bertz CT molecular complexity index is 303. The summed E-state index contributed by atoms with van der Waals surface area (Å²) in [7, 11) is -3.10. The second-order valence-corrected chi connectivity index (χ2v) is 17.5. The van der Waals surface area contributed by atoms with Crippen molar-refractivity contribution in [2.75, 3.05) is 58.9 Å². The fourth-order valence-corrected chi connectivity index (χ4v) is 12.1. The SMILES string of the molecule is CCCNCCNCCC[Si](C)(C)O[Si](C)(C)CCCNCCNCCN. The minimum atomic E-state index is -1.55. The van der Waals surface area contributed by atoms with Crippen LogP contribution in [0.5, 0.6) is 0 Å². The van der Waals surface area contributed by atoms with Crippen molar-refractivity contribution < 1.29 is 4.12 Å². The minimum Gasteiger partial charge on any atom is -0.455 e. The van der Waals surface area contributed by atoms with Crippen LogP contribution in [0, 0.1) is 0 Å². The lowest BCUT2D eigenvalue weighted by Crippen LogP contribution is -2.44. The average molecular weight is 420 g/mol. The van der Waals surface area contributed by atoms with E-state index in [1.165, 1.54) is 31.4 Å². The summed E-state index contributed by atoms with van der Waals surface area (Å²) in [5.74, 6) is 0. The molecule has 0 aliphatic rings. The largest absolute Gasteiger partial charge is 0.455 e. The third kappa shape index (κ3) is 19.3. The molecule has 0 aromatic heterocycles. The van der Waals surface area contributed by atoms with E-state index in [1.807, 2.05) is 0 Å². The number of hydrogen-bond donors (Lipinski definition) is 5. The highest BCUT2D eigenvalue weighted by atomic mass is 28.4. The van der Waals surface area contributed by atoms with Gasteiger partial charge in [-0.1, -0.05) is 6.92 Å². The molecule has 0 spiro atoms. The first kappa shape index (κ1) is 27.2. The van der Waals surface area contributed by atoms with E-state index in [9.17, 15) is 0 Å². The molecule has 0 rings (SSSR count). The van der Waals surface area contributed by atoms with Gasteiger partial charge < -0.3 is 31.1 Å². The molecule has 8 heteroatoms. The predicted octanol–water partition coefficient (Wildman–Crippen LogP) is 1.92. The second-order valence-electron chi connectivity index (χ2n) is 8.62. The molecular formula is C19H49N5OSi2. The van der Waals surface area contributed by atoms with Crippen molar-refractivity contribution in [3.8, 4) is 0 Å². The van der Waals surface area contributed by atoms with Gasteiger partial charge in [-0.05, 0) is 77.2 Å². The lowest BCUT2D eigenvalue weighted by Gasteiger charge is -2.34. The van der Waals surface area contributed by atoms with Crippen LogP contribution in [0.25, 0.3) is 0 Å². The molecule has 0 saturated carbocycles. The third-order valence-corrected chi connectivity index (χ3v) is 12.1. The number of nitrogens with one attached hydrogen (secondary N) is 4. The van der Waals surface area contributed by atoms with Gasteiger partial charge in [0.05, 0.1) is 0 Å². The van der Waals surface area contributed by atoms with Crippen molar-refractivity contribution in [2.45, 2.75) is 64.5 Å². The average Bonchev–Trinajstić information content (AvgIpc) is 2.58. The van der Waals surface area contributed by atoms with Crippen LogP contribution in [-0.2, 0) is 4.12 Å². The summed E-state index contributed by atoms with van der Waals surface area (Å²) in [5.41, 5.74) is 5.46. The summed E-state index contributed by atoms with van der Waals surface area (Å²) in [4.78, 5) is 0. The number of nitrogens with two attached hydrogens (primary N) is 1. The van der Waals surface area contributed by atoms with Gasteiger partial charge in [0.15, 0.2) is 16.6 Å². The molecule has 0 aromatic carbocycles. The van der Waals surface area contributed by atoms with Gasteiger partial charge in [0.25, 0.3) is 0 Å². The summed E-state index contributed by atoms with van der Waals surface area (Å²) in [6.45, 7) is 20.9. The minimum absolute atomic E-state index is 0.711. The van der Waals surface area contributed by atoms with E-state index in [2.05, 4.69) is 54.4 Å². The first-order valence-corrected chi connectivity index (χ1v) is 17.3. The van der Waals surface area contributed by atoms with Crippen LogP contribution in [0.1, 0.15) is 26.2 Å². The maximum absolute atomic E-state index is 6.73. The maximum Gasteiger partial charge on any atom is 0.173 e. The highest BCUT2D eigenvalue weighted by Crippen LogP contribution is 2.23. The number of rotatable bonds is 20. The van der Waals surface area contributed by atoms with Crippen molar-refractivity contribution >= 4 is 16.6 Å². The van der Waals surface area contributed by atoms with Gasteiger partial charge in [-0.3, -0.25) is 0 Å². The molecule has 0 aliphatic heterocycles. The number of hydrogen-bond acceptors (Lipinski definition) is 6. The molecule has 0 atom stereocenters. The topological polar surface area (TPSA) is 83.4 Å². The quantitative estimate of drug-likeness (QED) is 0.153. The normalized spacial score (nSPS) is 12.7. The Labute approximate surface area is 171 Å². The molecule has 0 unspecified atom stereocenters. The summed E-state index contributed by atoms with van der Waals surface area (Å²) in [6, 6.07) is 2.50. The fourth-order valence-electron chi connectivity index (χ4n) is 3.26. The first-order valence-electron chi connectivity index (χ1n) is 11.1. The van der Waals surface area contributed by atoms with Crippen molar-refractivity contribution in [3.63, 3.8) is 0 Å². The third-order valence-electron chi connectivity index (χ3n) is 4.52. The predicted molar refractivity (Wildman–Crippen MR) is 126 cm³/mol. The van der Waals surface area contributed by atoms with Crippen molar-refractivity contribution in [2.24, 2.45) is 5.73 Å². The zero-order chi connectivity index (χ0) is 20.4. The Morgan fingerprint density at radius 2 is 1.04 bits per heavy atom. The van der Waals surface area contributed by atoms with Crippen molar-refractivity contribution in [1.82, 2.24) is 21.3 Å². The highest BCUT2D eigenvalue weighted by molar-refractivity contribution is 6.84. The smallest absolute Gasteiger partial charge is 0.173 e. The monoisotopic (exact) mass is 419 g/mol. The molecule has 0 saturated heterocycles. The van der Waals surface area contributed by atoms with Gasteiger partial charge in [-0.2, -0.15) is 0 Å². The Balaban J connectivity index is 3.73. The lowest BCUT2D eigenvalue weighted by molar-refractivity contribution is 0.522. The van der Waals surface area contributed by atoms with E-state index in [1.54, 1.807) is 0 Å². The molecule has 0 fully saturated rings. The molecule has 0 heterocycles. The molecule has 0 aliphatic carbocycles. The Hall–Kier alpha value is 0.194. The Morgan fingerprint density at radius 1 is 0.630 bits per heavy atom. The van der Waals surface area contributed by atoms with Crippen molar-refractivity contribution in [3.05, 3.63) is 0 Å². The second kappa shape index (κ2) is 17.1. The lowest BCUT2D eigenvalue weighted by atomic mass is 10.4. The van der Waals surface area contributed by atoms with Crippen LogP contribution in [0.15, 0.2) is 0 Å². The molecule has 0 radical (unpaired) electrons. The van der Waals surface area contributed by atoms with E-state index < -0.39 is 16.6 Å². The van der Waals surface area contributed by atoms with E-state index in [0.29, 0.717) is 6.54 Å². The molecule has 164 valence electrons. The van der Waals surface area contributed by atoms with Crippen LogP contribution >= 0.6 is 0 Å². The van der Waals surface area contributed by atoms with Crippen LogP contribution < -0.4 is 27.0 Å². The van der Waals surface area contributed by atoms with Crippen LogP contribution in [0.3, 0.4) is 0 Å². The van der Waals surface area contributed by atoms with Crippen LogP contribution in [0.2, 0.25) is 38.3 Å². The van der Waals surface area contributed by atoms with Gasteiger partial charge in [-0.15, -0.1) is 0 Å². The van der Waals surface area contributed by atoms with Gasteiger partial charge in [-0.25, -0.2) is 0 Å². The van der Waals surface area contributed by atoms with Gasteiger partial charge >= 0.3 is 0 Å².